The van der Waals surface area contributed by atoms with Gasteiger partial charge in [0, 0.05) is 18.5 Å². The maximum Gasteiger partial charge on any atom is 0.191 e. The van der Waals surface area contributed by atoms with Gasteiger partial charge in [-0.05, 0) is 31.4 Å². The summed E-state index contributed by atoms with van der Waals surface area (Å²) < 4.78 is 6.51. The lowest BCUT2D eigenvalue weighted by molar-refractivity contribution is 0.0992. The number of nitrogens with zero attached hydrogens (tertiary/aromatic N) is 1. The van der Waals surface area contributed by atoms with Crippen molar-refractivity contribution in [2.45, 2.75) is 43.6 Å². The third-order valence-corrected chi connectivity index (χ3v) is 5.37. The number of halogens is 1. The van der Waals surface area contributed by atoms with E-state index in [1.165, 1.54) is 17.8 Å². The second-order valence-corrected chi connectivity index (χ2v) is 7.22. The summed E-state index contributed by atoms with van der Waals surface area (Å²) in [6, 6.07) is 3.97. The van der Waals surface area contributed by atoms with Crippen molar-refractivity contribution in [3.63, 3.8) is 0 Å². The highest BCUT2D eigenvalue weighted by Gasteiger charge is 2.41. The van der Waals surface area contributed by atoms with Gasteiger partial charge in [-0.1, -0.05) is 11.6 Å². The van der Waals surface area contributed by atoms with Gasteiger partial charge in [0.05, 0.1) is 22.6 Å². The topological polar surface area (TPSA) is 65.9 Å². The minimum Gasteiger partial charge on any atom is -0.386 e. The van der Waals surface area contributed by atoms with Crippen molar-refractivity contribution in [2.75, 3.05) is 13.6 Å². The van der Waals surface area contributed by atoms with Gasteiger partial charge in [-0.3, -0.25) is 4.99 Å². The lowest BCUT2D eigenvalue weighted by Crippen LogP contribution is -2.48. The average Bonchev–Trinajstić information content (AvgIpc) is 3.19. The zero-order chi connectivity index (χ0) is 14.8. The molecule has 116 valence electrons. The SMILES string of the molecule is CN=C(NCC(O)c1ccc(Cl)s1)NC1CC2CCC1O2. The largest absolute Gasteiger partial charge is 0.386 e. The van der Waals surface area contributed by atoms with Crippen molar-refractivity contribution in [1.29, 1.82) is 0 Å². The first-order chi connectivity index (χ1) is 10.2. The molecule has 21 heavy (non-hydrogen) atoms. The molecule has 4 atom stereocenters. The number of rotatable bonds is 4. The zero-order valence-electron chi connectivity index (χ0n) is 11.9. The number of ether oxygens (including phenoxy) is 1. The van der Waals surface area contributed by atoms with E-state index in [9.17, 15) is 5.11 Å². The summed E-state index contributed by atoms with van der Waals surface area (Å²) in [6.45, 7) is 0.401. The van der Waals surface area contributed by atoms with Crippen LogP contribution < -0.4 is 10.6 Å². The lowest BCUT2D eigenvalue weighted by atomic mass is 9.96. The summed E-state index contributed by atoms with van der Waals surface area (Å²) in [6.07, 6.45) is 3.45. The number of hydrogen-bond donors (Lipinski definition) is 3. The molecule has 1 aromatic rings. The van der Waals surface area contributed by atoms with Crippen LogP contribution >= 0.6 is 22.9 Å². The van der Waals surface area contributed by atoms with E-state index in [-0.39, 0.29) is 0 Å². The van der Waals surface area contributed by atoms with E-state index in [0.717, 1.165) is 17.7 Å². The number of hydrogen-bond acceptors (Lipinski definition) is 4. The van der Waals surface area contributed by atoms with Gasteiger partial charge in [-0.25, -0.2) is 0 Å². The minimum absolute atomic E-state index is 0.301. The number of guanidine groups is 1. The highest BCUT2D eigenvalue weighted by molar-refractivity contribution is 7.16. The number of aliphatic hydroxyl groups excluding tert-OH is 1. The number of thiophene rings is 1. The lowest BCUT2D eigenvalue weighted by Gasteiger charge is -2.23. The van der Waals surface area contributed by atoms with Crippen molar-refractivity contribution in [2.24, 2.45) is 4.99 Å². The summed E-state index contributed by atoms with van der Waals surface area (Å²) in [5, 5.41) is 16.7. The standard InChI is InChI=1S/C14H20ClN3O2S/c1-16-14(18-9-6-8-2-3-11(9)20-8)17-7-10(19)12-4-5-13(15)21-12/h4-5,8-11,19H,2-3,6-7H2,1H3,(H2,16,17,18). The predicted octanol–water partition coefficient (Wildman–Crippen LogP) is 1.92. The first kappa shape index (κ1) is 15.1. The maximum absolute atomic E-state index is 10.1. The van der Waals surface area contributed by atoms with Gasteiger partial charge in [0.15, 0.2) is 5.96 Å². The Hall–Kier alpha value is -0.820. The van der Waals surface area contributed by atoms with E-state index in [4.69, 9.17) is 16.3 Å². The van der Waals surface area contributed by atoms with Crippen molar-refractivity contribution in [1.82, 2.24) is 10.6 Å². The van der Waals surface area contributed by atoms with Crippen LogP contribution in [0.5, 0.6) is 0 Å². The molecule has 0 spiro atoms. The van der Waals surface area contributed by atoms with Gasteiger partial charge in [-0.2, -0.15) is 0 Å². The molecule has 0 saturated carbocycles. The predicted molar refractivity (Wildman–Crippen MR) is 85.1 cm³/mol. The molecule has 2 fully saturated rings. The molecule has 0 aliphatic carbocycles. The number of aliphatic hydroxyl groups is 1. The fraction of sp³-hybridized carbons (Fsp3) is 0.643. The van der Waals surface area contributed by atoms with Crippen molar-refractivity contribution < 1.29 is 9.84 Å². The van der Waals surface area contributed by atoms with Crippen LogP contribution in [0.15, 0.2) is 17.1 Å². The van der Waals surface area contributed by atoms with Crippen LogP contribution in [0.2, 0.25) is 4.34 Å². The second kappa shape index (κ2) is 6.52. The molecule has 4 unspecified atom stereocenters. The molecule has 5 nitrogen and oxygen atoms in total. The van der Waals surface area contributed by atoms with Crippen LogP contribution in [-0.2, 0) is 4.74 Å². The molecular weight excluding hydrogens is 310 g/mol. The van der Waals surface area contributed by atoms with Gasteiger partial charge in [-0.15, -0.1) is 11.3 Å². The molecule has 0 amide bonds. The van der Waals surface area contributed by atoms with Crippen LogP contribution in [0.25, 0.3) is 0 Å². The highest BCUT2D eigenvalue weighted by atomic mass is 35.5. The number of aliphatic imine (C=N–C) groups is 1. The number of fused-ring (bicyclic) bond motifs is 2. The first-order valence-electron chi connectivity index (χ1n) is 7.21. The Kier molecular flexibility index (Phi) is 4.69. The summed E-state index contributed by atoms with van der Waals surface area (Å²) in [5.74, 6) is 0.706. The summed E-state index contributed by atoms with van der Waals surface area (Å²) in [5.41, 5.74) is 0. The molecule has 7 heteroatoms. The van der Waals surface area contributed by atoms with E-state index in [0.29, 0.717) is 35.1 Å². The van der Waals surface area contributed by atoms with Crippen LogP contribution in [0.4, 0.5) is 0 Å². The van der Waals surface area contributed by atoms with Gasteiger partial charge in [0.1, 0.15) is 6.10 Å². The molecule has 2 saturated heterocycles. The molecule has 2 aliphatic heterocycles. The average molecular weight is 330 g/mol. The van der Waals surface area contributed by atoms with Crippen molar-refractivity contribution in [3.05, 3.63) is 21.3 Å². The van der Waals surface area contributed by atoms with E-state index in [1.54, 1.807) is 13.1 Å². The van der Waals surface area contributed by atoms with Gasteiger partial charge in [0.2, 0.25) is 0 Å². The van der Waals surface area contributed by atoms with E-state index >= 15 is 0 Å². The molecule has 0 radical (unpaired) electrons. The summed E-state index contributed by atoms with van der Waals surface area (Å²) in [4.78, 5) is 5.06. The Morgan fingerprint density at radius 2 is 2.43 bits per heavy atom. The second-order valence-electron chi connectivity index (χ2n) is 5.47. The van der Waals surface area contributed by atoms with Crippen LogP contribution in [0, 0.1) is 0 Å². The summed E-state index contributed by atoms with van der Waals surface area (Å²) >= 11 is 7.27. The van der Waals surface area contributed by atoms with Gasteiger partial charge >= 0.3 is 0 Å². The summed E-state index contributed by atoms with van der Waals surface area (Å²) in [7, 11) is 1.73. The quantitative estimate of drug-likeness (QED) is 0.583. The zero-order valence-corrected chi connectivity index (χ0v) is 13.5. The van der Waals surface area contributed by atoms with Gasteiger partial charge in [0.25, 0.3) is 0 Å². The fourth-order valence-electron chi connectivity index (χ4n) is 2.96. The third-order valence-electron chi connectivity index (χ3n) is 4.04. The molecule has 3 heterocycles. The number of nitrogens with one attached hydrogen (secondary N) is 2. The Labute approximate surface area is 133 Å². The Bertz CT molecular complexity index is 522. The Morgan fingerprint density at radius 3 is 3.00 bits per heavy atom. The van der Waals surface area contributed by atoms with Crippen molar-refractivity contribution in [3.8, 4) is 0 Å². The van der Waals surface area contributed by atoms with Gasteiger partial charge < -0.3 is 20.5 Å². The Balaban J connectivity index is 1.49. The third kappa shape index (κ3) is 3.51. The molecule has 3 N–H and O–H groups in total. The van der Waals surface area contributed by atoms with E-state index in [2.05, 4.69) is 15.6 Å². The molecule has 2 aliphatic rings. The van der Waals surface area contributed by atoms with E-state index in [1.807, 2.05) is 6.07 Å². The van der Waals surface area contributed by atoms with E-state index < -0.39 is 6.10 Å². The normalized spacial score (nSPS) is 29.7. The monoisotopic (exact) mass is 329 g/mol. The molecule has 3 rings (SSSR count). The maximum atomic E-state index is 10.1. The minimum atomic E-state index is -0.586. The Morgan fingerprint density at radius 1 is 1.57 bits per heavy atom. The van der Waals surface area contributed by atoms with Crippen LogP contribution in [0.3, 0.4) is 0 Å². The molecule has 2 bridgehead atoms. The smallest absolute Gasteiger partial charge is 0.191 e. The van der Waals surface area contributed by atoms with Crippen LogP contribution in [0.1, 0.15) is 30.2 Å². The molecule has 1 aromatic heterocycles. The van der Waals surface area contributed by atoms with Crippen molar-refractivity contribution >= 4 is 28.9 Å². The van der Waals surface area contributed by atoms with Crippen LogP contribution in [-0.4, -0.2) is 42.9 Å². The molecular formula is C14H20ClN3O2S. The molecule has 0 aromatic carbocycles. The first-order valence-corrected chi connectivity index (χ1v) is 8.41. The highest BCUT2D eigenvalue weighted by Crippen LogP contribution is 2.34. The fourth-order valence-corrected chi connectivity index (χ4v) is 4.01.